The highest BCUT2D eigenvalue weighted by Gasteiger charge is 2.28. The zero-order valence-corrected chi connectivity index (χ0v) is 18.7. The van der Waals surface area contributed by atoms with Gasteiger partial charge >= 0.3 is 0 Å². The third-order valence-electron chi connectivity index (χ3n) is 5.56. The number of amides is 2. The molecule has 2 amide bonds. The minimum absolute atomic E-state index is 0.139. The predicted molar refractivity (Wildman–Crippen MR) is 120 cm³/mol. The quantitative estimate of drug-likeness (QED) is 0.629. The van der Waals surface area contributed by atoms with Gasteiger partial charge in [-0.3, -0.25) is 9.59 Å². The van der Waals surface area contributed by atoms with Crippen LogP contribution < -0.4 is 14.8 Å². The molecule has 166 valence electrons. The molecule has 0 spiro atoms. The van der Waals surface area contributed by atoms with Crippen molar-refractivity contribution < 1.29 is 19.1 Å². The van der Waals surface area contributed by atoms with Gasteiger partial charge in [0.05, 0.1) is 7.11 Å². The number of hydrogen-bond donors (Lipinski definition) is 1. The van der Waals surface area contributed by atoms with Crippen molar-refractivity contribution in [2.45, 2.75) is 51.2 Å². The number of hydrogen-bond acceptors (Lipinski definition) is 4. The second kappa shape index (κ2) is 11.0. The van der Waals surface area contributed by atoms with E-state index >= 15 is 0 Å². The zero-order chi connectivity index (χ0) is 22.2. The highest BCUT2D eigenvalue weighted by Crippen LogP contribution is 2.20. The maximum Gasteiger partial charge on any atom is 0.261 e. The molecular weight excluding hydrogens is 416 g/mol. The minimum Gasteiger partial charge on any atom is -0.497 e. The molecule has 1 aliphatic carbocycles. The van der Waals surface area contributed by atoms with Crippen LogP contribution in [0.1, 0.15) is 38.2 Å². The first-order chi connectivity index (χ1) is 15.0. The SMILES string of the molecule is COc1ccc(CN(C(=O)COc2ccc(Cl)cc2)[C@@H](C)C(=O)NC2CCCC2)cc1. The average Bonchev–Trinajstić information content (AvgIpc) is 3.30. The number of rotatable bonds is 9. The number of carbonyl (C=O) groups is 2. The highest BCUT2D eigenvalue weighted by atomic mass is 35.5. The first kappa shape index (κ1) is 22.9. The molecule has 1 atom stereocenters. The molecule has 0 saturated heterocycles. The third kappa shape index (κ3) is 6.62. The molecule has 0 unspecified atom stereocenters. The van der Waals surface area contributed by atoms with Crippen LogP contribution >= 0.6 is 11.6 Å². The summed E-state index contributed by atoms with van der Waals surface area (Å²) in [6, 6.07) is 13.8. The Labute approximate surface area is 188 Å². The van der Waals surface area contributed by atoms with E-state index in [9.17, 15) is 9.59 Å². The summed E-state index contributed by atoms with van der Waals surface area (Å²) >= 11 is 5.90. The molecule has 0 aromatic heterocycles. The van der Waals surface area contributed by atoms with Gasteiger partial charge in [-0.15, -0.1) is 0 Å². The van der Waals surface area contributed by atoms with Crippen LogP contribution in [0.2, 0.25) is 5.02 Å². The van der Waals surface area contributed by atoms with Crippen molar-refractivity contribution in [3.8, 4) is 11.5 Å². The number of nitrogens with zero attached hydrogens (tertiary/aromatic N) is 1. The molecule has 3 rings (SSSR count). The van der Waals surface area contributed by atoms with Crippen molar-refractivity contribution in [3.05, 3.63) is 59.1 Å². The summed E-state index contributed by atoms with van der Waals surface area (Å²) in [4.78, 5) is 27.5. The molecule has 2 aromatic carbocycles. The molecule has 0 heterocycles. The Morgan fingerprint density at radius 2 is 1.68 bits per heavy atom. The molecular formula is C24H29ClN2O4. The third-order valence-corrected chi connectivity index (χ3v) is 5.81. The van der Waals surface area contributed by atoms with Crippen LogP contribution in [0.25, 0.3) is 0 Å². The van der Waals surface area contributed by atoms with E-state index < -0.39 is 6.04 Å². The van der Waals surface area contributed by atoms with Crippen molar-refractivity contribution in [1.82, 2.24) is 10.2 Å². The Morgan fingerprint density at radius 3 is 2.29 bits per heavy atom. The summed E-state index contributed by atoms with van der Waals surface area (Å²) in [6.45, 7) is 1.89. The number of halogens is 1. The van der Waals surface area contributed by atoms with Crippen LogP contribution in [-0.2, 0) is 16.1 Å². The van der Waals surface area contributed by atoms with Gasteiger partial charge in [0.15, 0.2) is 6.61 Å². The van der Waals surface area contributed by atoms with Gasteiger partial charge in [0.1, 0.15) is 17.5 Å². The summed E-state index contributed by atoms with van der Waals surface area (Å²) in [5, 5.41) is 3.68. The van der Waals surface area contributed by atoms with Crippen molar-refractivity contribution in [3.63, 3.8) is 0 Å². The van der Waals surface area contributed by atoms with Gasteiger partial charge in [0.25, 0.3) is 5.91 Å². The summed E-state index contributed by atoms with van der Waals surface area (Å²) < 4.78 is 10.8. The van der Waals surface area contributed by atoms with E-state index in [1.807, 2.05) is 24.3 Å². The lowest BCUT2D eigenvalue weighted by Gasteiger charge is -2.29. The summed E-state index contributed by atoms with van der Waals surface area (Å²) in [6.07, 6.45) is 4.24. The molecule has 31 heavy (non-hydrogen) atoms. The van der Waals surface area contributed by atoms with Crippen molar-refractivity contribution in [2.24, 2.45) is 0 Å². The van der Waals surface area contributed by atoms with E-state index in [0.29, 0.717) is 17.3 Å². The molecule has 0 aliphatic heterocycles. The molecule has 0 radical (unpaired) electrons. The van der Waals surface area contributed by atoms with Crippen molar-refractivity contribution >= 4 is 23.4 Å². The maximum absolute atomic E-state index is 13.1. The van der Waals surface area contributed by atoms with Crippen LogP contribution in [-0.4, -0.2) is 42.5 Å². The average molecular weight is 445 g/mol. The first-order valence-electron chi connectivity index (χ1n) is 10.6. The van der Waals surface area contributed by atoms with Gasteiger partial charge in [0.2, 0.25) is 5.91 Å². The van der Waals surface area contributed by atoms with Crippen LogP contribution in [0, 0.1) is 0 Å². The van der Waals surface area contributed by atoms with E-state index in [0.717, 1.165) is 37.0 Å². The normalized spacial score (nSPS) is 14.7. The summed E-state index contributed by atoms with van der Waals surface area (Å²) in [5.41, 5.74) is 0.904. The van der Waals surface area contributed by atoms with Crippen LogP contribution in [0.5, 0.6) is 11.5 Å². The van der Waals surface area contributed by atoms with Gasteiger partial charge in [-0.2, -0.15) is 0 Å². The predicted octanol–water partition coefficient (Wildman–Crippen LogP) is 4.20. The van der Waals surface area contributed by atoms with Crippen LogP contribution in [0.15, 0.2) is 48.5 Å². The van der Waals surface area contributed by atoms with E-state index in [2.05, 4.69) is 5.32 Å². The van der Waals surface area contributed by atoms with Gasteiger partial charge in [-0.1, -0.05) is 36.6 Å². The topological polar surface area (TPSA) is 67.9 Å². The zero-order valence-electron chi connectivity index (χ0n) is 18.0. The fourth-order valence-electron chi connectivity index (χ4n) is 3.66. The fourth-order valence-corrected chi connectivity index (χ4v) is 3.79. The standard InChI is InChI=1S/C24H29ClN2O4/c1-17(24(29)26-20-5-3-4-6-20)27(15-18-7-11-21(30-2)12-8-18)23(28)16-31-22-13-9-19(25)10-14-22/h7-14,17,20H,3-6,15-16H2,1-2H3,(H,26,29)/t17-/m0/s1. The summed E-state index contributed by atoms with van der Waals surface area (Å²) in [5.74, 6) is 0.880. The molecule has 1 fully saturated rings. The van der Waals surface area contributed by atoms with E-state index in [1.165, 1.54) is 0 Å². The number of ether oxygens (including phenoxy) is 2. The Bertz CT molecular complexity index is 864. The van der Waals surface area contributed by atoms with Gasteiger partial charge in [-0.05, 0) is 61.7 Å². The lowest BCUT2D eigenvalue weighted by molar-refractivity contribution is -0.142. The smallest absolute Gasteiger partial charge is 0.261 e. The van der Waals surface area contributed by atoms with Crippen LogP contribution in [0.3, 0.4) is 0 Å². The van der Waals surface area contributed by atoms with E-state index in [1.54, 1.807) is 43.2 Å². The maximum atomic E-state index is 13.1. The van der Waals surface area contributed by atoms with E-state index in [4.69, 9.17) is 21.1 Å². The molecule has 1 N–H and O–H groups in total. The minimum atomic E-state index is -0.621. The van der Waals surface area contributed by atoms with E-state index in [-0.39, 0.29) is 24.5 Å². The Kier molecular flexibility index (Phi) is 8.18. The first-order valence-corrected chi connectivity index (χ1v) is 10.9. The summed E-state index contributed by atoms with van der Waals surface area (Å²) in [7, 11) is 1.61. The molecule has 6 nitrogen and oxygen atoms in total. The van der Waals surface area contributed by atoms with Crippen molar-refractivity contribution in [1.29, 1.82) is 0 Å². The van der Waals surface area contributed by atoms with Gasteiger partial charge in [-0.25, -0.2) is 0 Å². The molecule has 1 aliphatic rings. The highest BCUT2D eigenvalue weighted by molar-refractivity contribution is 6.30. The number of benzene rings is 2. The number of methoxy groups -OCH3 is 1. The van der Waals surface area contributed by atoms with Crippen molar-refractivity contribution in [2.75, 3.05) is 13.7 Å². The lowest BCUT2D eigenvalue weighted by Crippen LogP contribution is -2.50. The molecule has 1 saturated carbocycles. The fraction of sp³-hybridized carbons (Fsp3) is 0.417. The molecule has 7 heteroatoms. The van der Waals surface area contributed by atoms with Crippen LogP contribution in [0.4, 0.5) is 0 Å². The Morgan fingerprint density at radius 1 is 1.06 bits per heavy atom. The second-order valence-electron chi connectivity index (χ2n) is 7.78. The van der Waals surface area contributed by atoms with Gasteiger partial charge in [0, 0.05) is 17.6 Å². The van der Waals surface area contributed by atoms with Gasteiger partial charge < -0.3 is 19.7 Å². The number of nitrogens with one attached hydrogen (secondary N) is 1. The lowest BCUT2D eigenvalue weighted by atomic mass is 10.1. The molecule has 2 aromatic rings. The largest absolute Gasteiger partial charge is 0.497 e. The Balaban J connectivity index is 1.70. The molecule has 0 bridgehead atoms. The Hall–Kier alpha value is -2.73. The monoisotopic (exact) mass is 444 g/mol. The second-order valence-corrected chi connectivity index (χ2v) is 8.21. The number of carbonyl (C=O) groups excluding carboxylic acids is 2.